The molecule has 5 rings (SSSR count). The maximum atomic E-state index is 13.0. The second kappa shape index (κ2) is 7.12. The zero-order valence-corrected chi connectivity index (χ0v) is 16.5. The Morgan fingerprint density at radius 1 is 1.30 bits per heavy atom. The molecule has 0 saturated carbocycles. The zero-order chi connectivity index (χ0) is 20.7. The van der Waals surface area contributed by atoms with Crippen LogP contribution in [-0.2, 0) is 19.5 Å². The van der Waals surface area contributed by atoms with E-state index in [1.54, 1.807) is 23.0 Å². The summed E-state index contributed by atoms with van der Waals surface area (Å²) in [5.74, 6) is 1.28. The van der Waals surface area contributed by atoms with Gasteiger partial charge in [0.25, 0.3) is 5.56 Å². The van der Waals surface area contributed by atoms with Crippen LogP contribution in [0.4, 0.5) is 5.82 Å². The van der Waals surface area contributed by atoms with Crippen molar-refractivity contribution in [2.24, 2.45) is 4.99 Å². The number of aryl methyl sites for hydroxylation is 1. The minimum atomic E-state index is -0.0231. The molecule has 0 fully saturated rings. The molecule has 1 aromatic carbocycles. The molecule has 4 heterocycles. The van der Waals surface area contributed by atoms with E-state index in [0.717, 1.165) is 23.3 Å². The van der Waals surface area contributed by atoms with Crippen molar-refractivity contribution in [1.82, 2.24) is 23.7 Å². The van der Waals surface area contributed by atoms with Gasteiger partial charge in [0.1, 0.15) is 5.82 Å². The average Bonchev–Trinajstić information content (AvgIpc) is 3.49. The van der Waals surface area contributed by atoms with Crippen molar-refractivity contribution in [3.05, 3.63) is 81.7 Å². The van der Waals surface area contributed by atoms with Gasteiger partial charge in [-0.05, 0) is 24.1 Å². The maximum Gasteiger partial charge on any atom is 0.260 e. The van der Waals surface area contributed by atoms with Crippen molar-refractivity contribution in [2.75, 3.05) is 0 Å². The smallest absolute Gasteiger partial charge is 0.260 e. The molecule has 3 aromatic heterocycles. The number of aromatic nitrogens is 5. The van der Waals surface area contributed by atoms with E-state index in [0.29, 0.717) is 42.2 Å². The largest absolute Gasteiger partial charge is 0.278 e. The molecule has 30 heavy (non-hydrogen) atoms. The standard InChI is InChI=1S/C22H19N7O/c1-2-7-29-21(30)18-10-19(26-20(18)28-8-6-24-22(28)29)17-12-25-27(14-17)13-16-5-3-4-15(9-16)11-23/h3-6,8-9,12,14H,2,7,10,13H2,1H3. The lowest BCUT2D eigenvalue weighted by atomic mass is 10.1. The van der Waals surface area contributed by atoms with Gasteiger partial charge in [-0.25, -0.2) is 9.98 Å². The highest BCUT2D eigenvalue weighted by Gasteiger charge is 2.25. The lowest BCUT2D eigenvalue weighted by Crippen LogP contribution is -2.26. The third kappa shape index (κ3) is 2.92. The van der Waals surface area contributed by atoms with Gasteiger partial charge in [0.15, 0.2) is 0 Å². The Morgan fingerprint density at radius 2 is 2.20 bits per heavy atom. The number of hydrogen-bond acceptors (Lipinski definition) is 5. The number of benzene rings is 1. The molecule has 148 valence electrons. The Kier molecular flexibility index (Phi) is 4.29. The zero-order valence-electron chi connectivity index (χ0n) is 16.5. The molecule has 0 spiro atoms. The van der Waals surface area contributed by atoms with E-state index in [1.165, 1.54) is 0 Å². The predicted octanol–water partition coefficient (Wildman–Crippen LogP) is 2.70. The molecule has 4 aromatic rings. The minimum absolute atomic E-state index is 0.0231. The minimum Gasteiger partial charge on any atom is -0.278 e. The van der Waals surface area contributed by atoms with E-state index in [4.69, 9.17) is 10.3 Å². The molecule has 0 radical (unpaired) electrons. The van der Waals surface area contributed by atoms with Crippen molar-refractivity contribution < 1.29 is 0 Å². The van der Waals surface area contributed by atoms with Crippen LogP contribution < -0.4 is 5.56 Å². The Labute approximate surface area is 172 Å². The number of aliphatic imine (C=N–C) groups is 1. The third-order valence-corrected chi connectivity index (χ3v) is 5.26. The fourth-order valence-electron chi connectivity index (χ4n) is 3.88. The fourth-order valence-corrected chi connectivity index (χ4v) is 3.88. The Hall–Kier alpha value is -3.99. The first-order valence-electron chi connectivity index (χ1n) is 9.86. The molecule has 0 aliphatic carbocycles. The van der Waals surface area contributed by atoms with Gasteiger partial charge >= 0.3 is 0 Å². The molecule has 0 amide bonds. The summed E-state index contributed by atoms with van der Waals surface area (Å²) in [7, 11) is 0. The summed E-state index contributed by atoms with van der Waals surface area (Å²) in [4.78, 5) is 22.2. The molecule has 0 bridgehead atoms. The van der Waals surface area contributed by atoms with Crippen LogP contribution in [0, 0.1) is 11.3 Å². The number of nitrogens with zero attached hydrogens (tertiary/aromatic N) is 7. The molecule has 1 aliphatic heterocycles. The van der Waals surface area contributed by atoms with Crippen LogP contribution in [0.25, 0.3) is 5.78 Å². The Morgan fingerprint density at radius 3 is 3.03 bits per heavy atom. The molecule has 0 atom stereocenters. The number of nitriles is 1. The van der Waals surface area contributed by atoms with Gasteiger partial charge < -0.3 is 0 Å². The van der Waals surface area contributed by atoms with E-state index in [9.17, 15) is 4.79 Å². The predicted molar refractivity (Wildman–Crippen MR) is 112 cm³/mol. The van der Waals surface area contributed by atoms with E-state index in [1.807, 2.05) is 46.6 Å². The van der Waals surface area contributed by atoms with Gasteiger partial charge in [0, 0.05) is 37.1 Å². The lowest BCUT2D eigenvalue weighted by molar-refractivity contribution is 0.653. The van der Waals surface area contributed by atoms with Crippen LogP contribution in [0.3, 0.4) is 0 Å². The molecule has 0 saturated heterocycles. The Bertz CT molecular complexity index is 1400. The molecule has 0 N–H and O–H groups in total. The van der Waals surface area contributed by atoms with Crippen LogP contribution in [0.5, 0.6) is 0 Å². The quantitative estimate of drug-likeness (QED) is 0.517. The first kappa shape index (κ1) is 18.1. The van der Waals surface area contributed by atoms with Crippen LogP contribution >= 0.6 is 0 Å². The fraction of sp³-hybridized carbons (Fsp3) is 0.227. The summed E-state index contributed by atoms with van der Waals surface area (Å²) in [6.45, 7) is 3.23. The average molecular weight is 397 g/mol. The molecule has 8 nitrogen and oxygen atoms in total. The van der Waals surface area contributed by atoms with Gasteiger partial charge in [-0.15, -0.1) is 0 Å². The summed E-state index contributed by atoms with van der Waals surface area (Å²) in [5.41, 5.74) is 4.01. The van der Waals surface area contributed by atoms with Crippen molar-refractivity contribution in [1.29, 1.82) is 5.26 Å². The Balaban J connectivity index is 1.48. The summed E-state index contributed by atoms with van der Waals surface area (Å²) >= 11 is 0. The van der Waals surface area contributed by atoms with Crippen LogP contribution in [-0.4, -0.2) is 29.4 Å². The van der Waals surface area contributed by atoms with Crippen LogP contribution in [0.1, 0.15) is 35.6 Å². The second-order valence-electron chi connectivity index (χ2n) is 7.33. The van der Waals surface area contributed by atoms with E-state index in [2.05, 4.69) is 16.2 Å². The number of rotatable bonds is 5. The SMILES string of the molecule is CCCn1c(=O)c2c(n3ccnc13)N=C(c1cnn(Cc3cccc(C#N)c3)c1)C2. The lowest BCUT2D eigenvalue weighted by Gasteiger charge is -2.09. The first-order valence-corrected chi connectivity index (χ1v) is 9.86. The number of imidazole rings is 1. The van der Waals surface area contributed by atoms with E-state index >= 15 is 0 Å². The van der Waals surface area contributed by atoms with Gasteiger partial charge in [0.05, 0.1) is 35.6 Å². The van der Waals surface area contributed by atoms with Gasteiger partial charge in [-0.2, -0.15) is 10.4 Å². The monoisotopic (exact) mass is 397 g/mol. The van der Waals surface area contributed by atoms with Gasteiger partial charge in [-0.3, -0.25) is 18.4 Å². The highest BCUT2D eigenvalue weighted by Crippen LogP contribution is 2.27. The topological polar surface area (TPSA) is 93.3 Å². The van der Waals surface area contributed by atoms with Crippen LogP contribution in [0.2, 0.25) is 0 Å². The molecule has 1 aliphatic rings. The second-order valence-corrected chi connectivity index (χ2v) is 7.33. The van der Waals surface area contributed by atoms with Crippen molar-refractivity contribution in [3.8, 4) is 6.07 Å². The molecule has 8 heteroatoms. The highest BCUT2D eigenvalue weighted by molar-refractivity contribution is 6.05. The summed E-state index contributed by atoms with van der Waals surface area (Å²) in [6, 6.07) is 9.63. The van der Waals surface area contributed by atoms with Crippen molar-refractivity contribution in [2.45, 2.75) is 32.9 Å². The van der Waals surface area contributed by atoms with Crippen molar-refractivity contribution in [3.63, 3.8) is 0 Å². The van der Waals surface area contributed by atoms with Gasteiger partial charge in [-0.1, -0.05) is 19.1 Å². The molecular formula is C22H19N7O. The van der Waals surface area contributed by atoms with Crippen molar-refractivity contribution >= 4 is 17.3 Å². The van der Waals surface area contributed by atoms with Gasteiger partial charge in [0.2, 0.25) is 5.78 Å². The van der Waals surface area contributed by atoms with E-state index < -0.39 is 0 Å². The summed E-state index contributed by atoms with van der Waals surface area (Å²) in [6.07, 6.45) is 8.57. The summed E-state index contributed by atoms with van der Waals surface area (Å²) in [5, 5.41) is 13.5. The highest BCUT2D eigenvalue weighted by atomic mass is 16.1. The van der Waals surface area contributed by atoms with E-state index in [-0.39, 0.29) is 5.56 Å². The third-order valence-electron chi connectivity index (χ3n) is 5.26. The number of fused-ring (bicyclic) bond motifs is 3. The summed E-state index contributed by atoms with van der Waals surface area (Å²) < 4.78 is 5.43. The normalized spacial score (nSPS) is 12.7. The van der Waals surface area contributed by atoms with Crippen LogP contribution in [0.15, 0.2) is 58.8 Å². The molecular weight excluding hydrogens is 378 g/mol. The molecule has 0 unspecified atom stereocenters. The maximum absolute atomic E-state index is 13.0. The number of hydrogen-bond donors (Lipinski definition) is 0. The first-order chi connectivity index (χ1) is 14.7.